The SMILES string of the molecule is O=C(NCCCOCCOCCOCCOCCOCCOCCOCCOCCOCCO)OCC1c2ccccc2-c2ccccc21. The molecule has 276 valence electrons. The van der Waals surface area contributed by atoms with Gasteiger partial charge in [-0.25, -0.2) is 4.79 Å². The molecule has 0 spiro atoms. The first-order valence-electron chi connectivity index (χ1n) is 17.2. The second-order valence-electron chi connectivity index (χ2n) is 10.8. The minimum atomic E-state index is -0.416. The first-order chi connectivity index (χ1) is 24.3. The van der Waals surface area contributed by atoms with Gasteiger partial charge in [-0.15, -0.1) is 0 Å². The standard InChI is InChI=1S/C36H55NO12/c38-11-13-41-15-17-43-19-21-45-23-25-47-27-29-48-28-26-46-24-22-44-20-18-42-16-14-40-12-5-10-37-36(39)49-30-35-33-8-3-1-6-31(33)32-7-2-4-9-34(32)35/h1-4,6-9,35,38H,5,10-30H2,(H,37,39). The number of nitrogens with one attached hydrogen (secondary N) is 1. The van der Waals surface area contributed by atoms with Crippen LogP contribution in [-0.4, -0.2) is 150 Å². The van der Waals surface area contributed by atoms with Gasteiger partial charge in [-0.1, -0.05) is 48.5 Å². The fourth-order valence-electron chi connectivity index (χ4n) is 4.94. The molecular weight excluding hydrogens is 638 g/mol. The van der Waals surface area contributed by atoms with Crippen LogP contribution in [0.4, 0.5) is 4.79 Å². The van der Waals surface area contributed by atoms with E-state index in [9.17, 15) is 4.79 Å². The highest BCUT2D eigenvalue weighted by atomic mass is 16.6. The normalized spacial score (nSPS) is 12.3. The van der Waals surface area contributed by atoms with Crippen molar-refractivity contribution in [1.82, 2.24) is 5.32 Å². The minimum absolute atomic E-state index is 0.0216. The average Bonchev–Trinajstić information content (AvgIpc) is 3.45. The highest BCUT2D eigenvalue weighted by Crippen LogP contribution is 2.44. The maximum atomic E-state index is 12.2. The van der Waals surface area contributed by atoms with Crippen molar-refractivity contribution in [3.8, 4) is 11.1 Å². The quantitative estimate of drug-likeness (QED) is 0.109. The molecule has 0 aromatic heterocycles. The molecule has 0 saturated heterocycles. The van der Waals surface area contributed by atoms with Gasteiger partial charge in [-0.05, 0) is 28.7 Å². The van der Waals surface area contributed by atoms with E-state index in [2.05, 4.69) is 29.6 Å². The molecule has 13 heteroatoms. The number of carbonyl (C=O) groups excluding carboxylic acids is 1. The number of hydrogen-bond donors (Lipinski definition) is 2. The van der Waals surface area contributed by atoms with Gasteiger partial charge in [-0.2, -0.15) is 0 Å². The molecule has 13 nitrogen and oxygen atoms in total. The molecule has 0 saturated carbocycles. The van der Waals surface area contributed by atoms with E-state index in [0.29, 0.717) is 138 Å². The Balaban J connectivity index is 0.979. The number of fused-ring (bicyclic) bond motifs is 3. The Hall–Kier alpha value is -2.69. The molecule has 0 aliphatic heterocycles. The van der Waals surface area contributed by atoms with Crippen LogP contribution in [0.15, 0.2) is 48.5 Å². The number of amides is 1. The molecular formula is C36H55NO12. The molecule has 1 amide bonds. The first kappa shape index (κ1) is 40.7. The number of alkyl carbamates (subject to hydrolysis) is 1. The second-order valence-corrected chi connectivity index (χ2v) is 10.8. The molecule has 0 radical (unpaired) electrons. The molecule has 0 bridgehead atoms. The zero-order chi connectivity index (χ0) is 34.5. The van der Waals surface area contributed by atoms with Crippen molar-refractivity contribution in [2.75, 3.05) is 139 Å². The highest BCUT2D eigenvalue weighted by Gasteiger charge is 2.28. The molecule has 1 aliphatic carbocycles. The summed E-state index contributed by atoms with van der Waals surface area (Å²) in [6, 6.07) is 16.6. The van der Waals surface area contributed by atoms with Crippen molar-refractivity contribution in [3.05, 3.63) is 59.7 Å². The highest BCUT2D eigenvalue weighted by molar-refractivity contribution is 5.79. The van der Waals surface area contributed by atoms with E-state index < -0.39 is 6.09 Å². The summed E-state index contributed by atoms with van der Waals surface area (Å²) in [5.41, 5.74) is 4.81. The maximum absolute atomic E-state index is 12.2. The topological polar surface area (TPSA) is 142 Å². The van der Waals surface area contributed by atoms with Crippen LogP contribution in [0.3, 0.4) is 0 Å². The lowest BCUT2D eigenvalue weighted by molar-refractivity contribution is -0.0255. The third-order valence-electron chi connectivity index (χ3n) is 7.29. The van der Waals surface area contributed by atoms with Crippen LogP contribution in [0.1, 0.15) is 23.5 Å². The van der Waals surface area contributed by atoms with Gasteiger partial charge in [0.2, 0.25) is 0 Å². The van der Waals surface area contributed by atoms with Gasteiger partial charge in [-0.3, -0.25) is 0 Å². The maximum Gasteiger partial charge on any atom is 0.407 e. The van der Waals surface area contributed by atoms with E-state index in [4.69, 9.17) is 52.5 Å². The van der Waals surface area contributed by atoms with E-state index in [1.807, 2.05) is 24.3 Å². The van der Waals surface area contributed by atoms with Gasteiger partial charge < -0.3 is 57.8 Å². The molecule has 49 heavy (non-hydrogen) atoms. The Morgan fingerprint density at radius 2 is 0.857 bits per heavy atom. The monoisotopic (exact) mass is 693 g/mol. The average molecular weight is 694 g/mol. The zero-order valence-electron chi connectivity index (χ0n) is 28.7. The molecule has 1 aliphatic rings. The third kappa shape index (κ3) is 18.2. The summed E-state index contributed by atoms with van der Waals surface area (Å²) in [5.74, 6) is 0.0503. The lowest BCUT2D eigenvalue weighted by Crippen LogP contribution is -2.27. The fourth-order valence-corrected chi connectivity index (χ4v) is 4.94. The fraction of sp³-hybridized carbons (Fsp3) is 0.639. The van der Waals surface area contributed by atoms with Crippen molar-refractivity contribution in [1.29, 1.82) is 0 Å². The Bertz CT molecular complexity index is 1060. The molecule has 2 N–H and O–H groups in total. The smallest absolute Gasteiger partial charge is 0.407 e. The lowest BCUT2D eigenvalue weighted by Gasteiger charge is -2.14. The summed E-state index contributed by atoms with van der Waals surface area (Å²) in [7, 11) is 0. The van der Waals surface area contributed by atoms with Gasteiger partial charge in [0.15, 0.2) is 0 Å². The Morgan fingerprint density at radius 3 is 1.24 bits per heavy atom. The zero-order valence-corrected chi connectivity index (χ0v) is 28.7. The summed E-state index contributed by atoms with van der Waals surface area (Å²) in [4.78, 5) is 12.2. The minimum Gasteiger partial charge on any atom is -0.449 e. The van der Waals surface area contributed by atoms with Gasteiger partial charge in [0.1, 0.15) is 6.61 Å². The predicted octanol–water partition coefficient (Wildman–Crippen LogP) is 3.06. The lowest BCUT2D eigenvalue weighted by atomic mass is 9.98. The Labute approximate surface area is 290 Å². The van der Waals surface area contributed by atoms with Crippen LogP contribution in [0.25, 0.3) is 11.1 Å². The summed E-state index contributed by atoms with van der Waals surface area (Å²) in [6.07, 6.45) is 0.269. The summed E-state index contributed by atoms with van der Waals surface area (Å²) >= 11 is 0. The molecule has 3 rings (SSSR count). The molecule has 2 aromatic carbocycles. The summed E-state index contributed by atoms with van der Waals surface area (Å²) in [6.45, 7) is 9.49. The molecule has 0 fully saturated rings. The number of aliphatic hydroxyl groups is 1. The number of hydrogen-bond acceptors (Lipinski definition) is 12. The third-order valence-corrected chi connectivity index (χ3v) is 7.29. The second kappa shape index (κ2) is 28.1. The van der Waals surface area contributed by atoms with Gasteiger partial charge in [0.25, 0.3) is 0 Å². The Morgan fingerprint density at radius 1 is 0.510 bits per heavy atom. The molecule has 0 heterocycles. The van der Waals surface area contributed by atoms with Crippen molar-refractivity contribution in [2.45, 2.75) is 12.3 Å². The van der Waals surface area contributed by atoms with Crippen LogP contribution in [-0.2, 0) is 47.4 Å². The van der Waals surface area contributed by atoms with E-state index in [1.165, 1.54) is 22.3 Å². The summed E-state index contributed by atoms with van der Waals surface area (Å²) < 4.78 is 54.4. The molecule has 0 atom stereocenters. The van der Waals surface area contributed by atoms with Gasteiger partial charge in [0, 0.05) is 19.1 Å². The summed E-state index contributed by atoms with van der Waals surface area (Å²) in [5, 5.41) is 11.4. The number of carbonyl (C=O) groups is 1. The molecule has 0 unspecified atom stereocenters. The number of ether oxygens (including phenoxy) is 10. The number of benzene rings is 2. The van der Waals surface area contributed by atoms with Crippen molar-refractivity contribution < 1.29 is 57.3 Å². The van der Waals surface area contributed by atoms with Gasteiger partial charge >= 0.3 is 6.09 Å². The van der Waals surface area contributed by atoms with Crippen molar-refractivity contribution in [2.24, 2.45) is 0 Å². The van der Waals surface area contributed by atoms with Crippen LogP contribution in [0.2, 0.25) is 0 Å². The largest absolute Gasteiger partial charge is 0.449 e. The van der Waals surface area contributed by atoms with Crippen LogP contribution in [0.5, 0.6) is 0 Å². The number of aliphatic hydroxyl groups excluding tert-OH is 1. The Kier molecular flexibility index (Phi) is 23.3. The van der Waals surface area contributed by atoms with Crippen LogP contribution in [0, 0.1) is 0 Å². The van der Waals surface area contributed by atoms with Crippen molar-refractivity contribution in [3.63, 3.8) is 0 Å². The van der Waals surface area contributed by atoms with E-state index in [0.717, 1.165) is 0 Å². The first-order valence-corrected chi connectivity index (χ1v) is 17.2. The van der Waals surface area contributed by atoms with Crippen LogP contribution >= 0.6 is 0 Å². The van der Waals surface area contributed by atoms with E-state index in [1.54, 1.807) is 0 Å². The molecule has 2 aromatic rings. The number of rotatable bonds is 32. The van der Waals surface area contributed by atoms with E-state index >= 15 is 0 Å². The van der Waals surface area contributed by atoms with Crippen LogP contribution < -0.4 is 5.32 Å². The predicted molar refractivity (Wildman–Crippen MR) is 182 cm³/mol. The van der Waals surface area contributed by atoms with E-state index in [-0.39, 0.29) is 12.5 Å². The van der Waals surface area contributed by atoms with Gasteiger partial charge in [0.05, 0.1) is 119 Å². The van der Waals surface area contributed by atoms with Crippen molar-refractivity contribution >= 4 is 6.09 Å².